The Morgan fingerprint density at radius 1 is 0.826 bits per heavy atom. The lowest BCUT2D eigenvalue weighted by atomic mass is 9.77. The maximum Gasteiger partial charge on any atom is -0.0162 e. The van der Waals surface area contributed by atoms with Gasteiger partial charge in [-0.2, -0.15) is 0 Å². The molecule has 1 aliphatic carbocycles. The van der Waals surface area contributed by atoms with E-state index in [9.17, 15) is 0 Å². The summed E-state index contributed by atoms with van der Waals surface area (Å²) < 4.78 is 0. The van der Waals surface area contributed by atoms with Crippen LogP contribution in [0.25, 0.3) is 11.1 Å². The van der Waals surface area contributed by atoms with E-state index in [4.69, 9.17) is 0 Å². The van der Waals surface area contributed by atoms with E-state index >= 15 is 0 Å². The molecule has 0 radical (unpaired) electrons. The predicted octanol–water partition coefficient (Wildman–Crippen LogP) is 6.98. The number of rotatable bonds is 5. The highest BCUT2D eigenvalue weighted by Gasteiger charge is 2.21. The Morgan fingerprint density at radius 3 is 2.13 bits per heavy atom. The summed E-state index contributed by atoms with van der Waals surface area (Å²) in [5.41, 5.74) is 4.18. The largest absolute Gasteiger partial charge is 0.0917 e. The van der Waals surface area contributed by atoms with Crippen LogP contribution in [0.15, 0.2) is 66.7 Å². The average Bonchev–Trinajstić information content (AvgIpc) is 2.63. The molecular weight excluding hydrogens is 276 g/mol. The molecule has 0 aromatic heterocycles. The Kier molecular flexibility index (Phi) is 5.69. The Labute approximate surface area is 141 Å². The first-order valence-electron chi connectivity index (χ1n) is 9.13. The van der Waals surface area contributed by atoms with Crippen LogP contribution in [0, 0.1) is 5.92 Å². The molecule has 3 rings (SSSR count). The zero-order chi connectivity index (χ0) is 15.9. The SMILES string of the molecule is C/C=C/CC[C@H]1CC[C@H](c2ccc(-c3ccccc3)cc2)CC1. The summed E-state index contributed by atoms with van der Waals surface area (Å²) in [6.07, 6.45) is 12.7. The van der Waals surface area contributed by atoms with Crippen LogP contribution in [0.1, 0.15) is 56.9 Å². The molecule has 0 heterocycles. The molecule has 120 valence electrons. The summed E-state index contributed by atoms with van der Waals surface area (Å²) in [5, 5.41) is 0. The van der Waals surface area contributed by atoms with Gasteiger partial charge in [0.15, 0.2) is 0 Å². The monoisotopic (exact) mass is 304 g/mol. The average molecular weight is 304 g/mol. The van der Waals surface area contributed by atoms with Gasteiger partial charge in [-0.15, -0.1) is 0 Å². The van der Waals surface area contributed by atoms with Crippen LogP contribution < -0.4 is 0 Å². The van der Waals surface area contributed by atoms with Gasteiger partial charge in [0.05, 0.1) is 0 Å². The summed E-state index contributed by atoms with van der Waals surface area (Å²) in [7, 11) is 0. The molecule has 0 spiro atoms. The maximum atomic E-state index is 2.35. The highest BCUT2D eigenvalue weighted by atomic mass is 14.3. The van der Waals surface area contributed by atoms with Crippen molar-refractivity contribution >= 4 is 0 Å². The first-order chi connectivity index (χ1) is 11.4. The van der Waals surface area contributed by atoms with Crippen LogP contribution in [0.4, 0.5) is 0 Å². The molecule has 0 atom stereocenters. The fraction of sp³-hybridized carbons (Fsp3) is 0.391. The molecular formula is C23H28. The highest BCUT2D eigenvalue weighted by molar-refractivity contribution is 5.63. The summed E-state index contributed by atoms with van der Waals surface area (Å²) >= 11 is 0. The van der Waals surface area contributed by atoms with Crippen molar-refractivity contribution in [2.24, 2.45) is 5.92 Å². The zero-order valence-electron chi connectivity index (χ0n) is 14.2. The van der Waals surface area contributed by atoms with E-state index in [1.54, 1.807) is 0 Å². The first-order valence-corrected chi connectivity index (χ1v) is 9.13. The molecule has 0 heteroatoms. The van der Waals surface area contributed by atoms with Crippen LogP contribution in [0.5, 0.6) is 0 Å². The second-order valence-corrected chi connectivity index (χ2v) is 6.85. The zero-order valence-corrected chi connectivity index (χ0v) is 14.2. The summed E-state index contributed by atoms with van der Waals surface area (Å²) in [4.78, 5) is 0. The van der Waals surface area contributed by atoms with Crippen molar-refractivity contribution in [3.8, 4) is 11.1 Å². The molecule has 2 aromatic rings. The lowest BCUT2D eigenvalue weighted by Crippen LogP contribution is -2.13. The maximum absolute atomic E-state index is 2.35. The minimum atomic E-state index is 0.776. The molecule has 1 saturated carbocycles. The topological polar surface area (TPSA) is 0 Å². The van der Waals surface area contributed by atoms with Gasteiger partial charge in [0.25, 0.3) is 0 Å². The summed E-state index contributed by atoms with van der Waals surface area (Å²) in [5.74, 6) is 1.73. The Bertz CT molecular complexity index is 598. The van der Waals surface area contributed by atoms with Crippen LogP contribution in [-0.2, 0) is 0 Å². The summed E-state index contributed by atoms with van der Waals surface area (Å²) in [6, 6.07) is 20.0. The molecule has 0 saturated heterocycles. The van der Waals surface area contributed by atoms with Crippen molar-refractivity contribution in [3.05, 3.63) is 72.3 Å². The second-order valence-electron chi connectivity index (χ2n) is 6.85. The molecule has 0 nitrogen and oxygen atoms in total. The van der Waals surface area contributed by atoms with Gasteiger partial charge in [-0.25, -0.2) is 0 Å². The third kappa shape index (κ3) is 4.34. The van der Waals surface area contributed by atoms with E-state index in [-0.39, 0.29) is 0 Å². The molecule has 0 unspecified atom stereocenters. The third-order valence-corrected chi connectivity index (χ3v) is 5.31. The first kappa shape index (κ1) is 16.1. The van der Waals surface area contributed by atoms with E-state index in [1.807, 2.05) is 0 Å². The van der Waals surface area contributed by atoms with Gasteiger partial charge in [-0.05, 0) is 74.0 Å². The summed E-state index contributed by atoms with van der Waals surface area (Å²) in [6.45, 7) is 2.12. The number of allylic oxidation sites excluding steroid dienone is 2. The quantitative estimate of drug-likeness (QED) is 0.522. The smallest absolute Gasteiger partial charge is 0.0162 e. The van der Waals surface area contributed by atoms with Crippen molar-refractivity contribution < 1.29 is 0 Å². The van der Waals surface area contributed by atoms with Gasteiger partial charge in [0.1, 0.15) is 0 Å². The van der Waals surface area contributed by atoms with E-state index < -0.39 is 0 Å². The third-order valence-electron chi connectivity index (χ3n) is 5.31. The van der Waals surface area contributed by atoms with Gasteiger partial charge in [0.2, 0.25) is 0 Å². The Morgan fingerprint density at radius 2 is 1.48 bits per heavy atom. The predicted molar refractivity (Wildman–Crippen MR) is 101 cm³/mol. The number of hydrogen-bond acceptors (Lipinski definition) is 0. The molecule has 0 aliphatic heterocycles. The second kappa shape index (κ2) is 8.15. The minimum absolute atomic E-state index is 0.776. The highest BCUT2D eigenvalue weighted by Crippen LogP contribution is 2.38. The Hall–Kier alpha value is -1.82. The van der Waals surface area contributed by atoms with Crippen LogP contribution in [-0.4, -0.2) is 0 Å². The molecule has 2 aromatic carbocycles. The van der Waals surface area contributed by atoms with Crippen LogP contribution in [0.3, 0.4) is 0 Å². The molecule has 0 bridgehead atoms. The molecule has 1 aliphatic rings. The number of hydrogen-bond donors (Lipinski definition) is 0. The van der Waals surface area contributed by atoms with E-state index in [1.165, 1.54) is 55.2 Å². The molecule has 23 heavy (non-hydrogen) atoms. The Balaban J connectivity index is 1.57. The van der Waals surface area contributed by atoms with E-state index in [0.29, 0.717) is 0 Å². The van der Waals surface area contributed by atoms with Gasteiger partial charge in [0, 0.05) is 0 Å². The van der Waals surface area contributed by atoms with Crippen molar-refractivity contribution in [2.75, 3.05) is 0 Å². The van der Waals surface area contributed by atoms with Crippen LogP contribution in [0.2, 0.25) is 0 Å². The molecule has 1 fully saturated rings. The van der Waals surface area contributed by atoms with E-state index in [0.717, 1.165) is 11.8 Å². The van der Waals surface area contributed by atoms with E-state index in [2.05, 4.69) is 73.7 Å². The van der Waals surface area contributed by atoms with Gasteiger partial charge >= 0.3 is 0 Å². The van der Waals surface area contributed by atoms with Gasteiger partial charge in [-0.3, -0.25) is 0 Å². The normalized spacial score (nSPS) is 21.6. The van der Waals surface area contributed by atoms with Gasteiger partial charge < -0.3 is 0 Å². The van der Waals surface area contributed by atoms with Crippen LogP contribution >= 0.6 is 0 Å². The lowest BCUT2D eigenvalue weighted by Gasteiger charge is -2.28. The van der Waals surface area contributed by atoms with Crippen molar-refractivity contribution in [1.82, 2.24) is 0 Å². The van der Waals surface area contributed by atoms with Crippen molar-refractivity contribution in [3.63, 3.8) is 0 Å². The fourth-order valence-electron chi connectivity index (χ4n) is 3.86. The molecule has 0 amide bonds. The van der Waals surface area contributed by atoms with Crippen molar-refractivity contribution in [2.45, 2.75) is 51.4 Å². The minimum Gasteiger partial charge on any atom is -0.0917 e. The van der Waals surface area contributed by atoms with Gasteiger partial charge in [-0.1, -0.05) is 66.7 Å². The van der Waals surface area contributed by atoms with Crippen molar-refractivity contribution in [1.29, 1.82) is 0 Å². The molecule has 0 N–H and O–H groups in total. The standard InChI is InChI=1S/C23H28/c1-2-3-5-8-19-11-13-21(14-12-19)23-17-15-22(16-18-23)20-9-6-4-7-10-20/h2-4,6-7,9-10,15-19,21H,5,8,11-14H2,1H3/b3-2+/t19-,21-. The fourth-order valence-corrected chi connectivity index (χ4v) is 3.86. The lowest BCUT2D eigenvalue weighted by molar-refractivity contribution is 0.312. The number of benzene rings is 2.